The van der Waals surface area contributed by atoms with Crippen LogP contribution in [-0.2, 0) is 10.0 Å². The zero-order valence-corrected chi connectivity index (χ0v) is 15.9. The first-order valence-electron chi connectivity index (χ1n) is 8.66. The Bertz CT molecular complexity index is 901. The Morgan fingerprint density at radius 2 is 2.15 bits per heavy atom. The Labute approximate surface area is 157 Å². The summed E-state index contributed by atoms with van der Waals surface area (Å²) in [6.45, 7) is 3.02. The van der Waals surface area contributed by atoms with Gasteiger partial charge in [0, 0.05) is 31.2 Å². The van der Waals surface area contributed by atoms with Crippen LogP contribution in [0.15, 0.2) is 39.8 Å². The number of nitrogens with zero attached hydrogens (tertiary/aromatic N) is 2. The summed E-state index contributed by atoms with van der Waals surface area (Å²) in [5, 5.41) is 4.22. The van der Waals surface area contributed by atoms with E-state index in [0.717, 1.165) is 24.3 Å². The van der Waals surface area contributed by atoms with Crippen LogP contribution in [0.4, 0.5) is 0 Å². The molecule has 0 amide bonds. The molecule has 0 bridgehead atoms. The monoisotopic (exact) mass is 396 g/mol. The van der Waals surface area contributed by atoms with Crippen LogP contribution in [0.1, 0.15) is 30.2 Å². The molecule has 2 saturated heterocycles. The van der Waals surface area contributed by atoms with E-state index in [4.69, 9.17) is 16.1 Å². The summed E-state index contributed by atoms with van der Waals surface area (Å²) in [4.78, 5) is 0.159. The van der Waals surface area contributed by atoms with E-state index < -0.39 is 10.0 Å². The van der Waals surface area contributed by atoms with Crippen LogP contribution in [0.3, 0.4) is 0 Å². The van der Waals surface area contributed by atoms with E-state index in [0.29, 0.717) is 13.1 Å². The summed E-state index contributed by atoms with van der Waals surface area (Å²) in [6.07, 6.45) is 1.60. The molecular weight excluding hydrogens is 376 g/mol. The SMILES string of the molecule is Cc1cc(C2CNNC2C2CCCN2S(=O)(=O)c2ccccc2Cl)on1. The number of benzene rings is 1. The van der Waals surface area contributed by atoms with E-state index in [1.807, 2.05) is 13.0 Å². The number of hydrogen-bond donors (Lipinski definition) is 2. The predicted octanol–water partition coefficient (Wildman–Crippen LogP) is 2.05. The van der Waals surface area contributed by atoms with Crippen LogP contribution >= 0.6 is 11.6 Å². The van der Waals surface area contributed by atoms with E-state index in [1.54, 1.807) is 28.6 Å². The van der Waals surface area contributed by atoms with Gasteiger partial charge in [0.05, 0.1) is 16.6 Å². The summed E-state index contributed by atoms with van der Waals surface area (Å²) in [7, 11) is -3.67. The third-order valence-electron chi connectivity index (χ3n) is 5.12. The lowest BCUT2D eigenvalue weighted by molar-refractivity contribution is 0.278. The molecule has 3 unspecified atom stereocenters. The van der Waals surface area contributed by atoms with E-state index in [1.165, 1.54) is 0 Å². The smallest absolute Gasteiger partial charge is 0.244 e. The average molecular weight is 397 g/mol. The normalized spacial score (nSPS) is 27.2. The Morgan fingerprint density at radius 1 is 1.35 bits per heavy atom. The zero-order valence-electron chi connectivity index (χ0n) is 14.4. The first-order valence-corrected chi connectivity index (χ1v) is 10.5. The molecule has 2 aliphatic heterocycles. The van der Waals surface area contributed by atoms with Gasteiger partial charge in [0.15, 0.2) is 0 Å². The van der Waals surface area contributed by atoms with Gasteiger partial charge in [0.1, 0.15) is 10.7 Å². The molecule has 1 aromatic heterocycles. The van der Waals surface area contributed by atoms with Gasteiger partial charge < -0.3 is 4.52 Å². The van der Waals surface area contributed by atoms with Crippen molar-refractivity contribution in [3.8, 4) is 0 Å². The van der Waals surface area contributed by atoms with Crippen LogP contribution in [0.25, 0.3) is 0 Å². The number of aromatic nitrogens is 1. The predicted molar refractivity (Wildman–Crippen MR) is 97.3 cm³/mol. The number of hydrogen-bond acceptors (Lipinski definition) is 6. The van der Waals surface area contributed by atoms with Crippen molar-refractivity contribution in [2.75, 3.05) is 13.1 Å². The quantitative estimate of drug-likeness (QED) is 0.822. The number of nitrogens with one attached hydrogen (secondary N) is 2. The van der Waals surface area contributed by atoms with Gasteiger partial charge in [-0.1, -0.05) is 28.9 Å². The number of rotatable bonds is 4. The second kappa shape index (κ2) is 6.94. The maximum atomic E-state index is 13.2. The highest BCUT2D eigenvalue weighted by Gasteiger charge is 2.45. The minimum atomic E-state index is -3.67. The van der Waals surface area contributed by atoms with E-state index in [-0.39, 0.29) is 27.9 Å². The molecule has 2 fully saturated rings. The van der Waals surface area contributed by atoms with Crippen LogP contribution < -0.4 is 10.9 Å². The van der Waals surface area contributed by atoms with E-state index >= 15 is 0 Å². The topological polar surface area (TPSA) is 87.5 Å². The lowest BCUT2D eigenvalue weighted by Crippen LogP contribution is -2.49. The third kappa shape index (κ3) is 3.05. The fourth-order valence-electron chi connectivity index (χ4n) is 3.92. The number of halogens is 1. The standard InChI is InChI=1S/C17H21ClN4O3S/c1-11-9-15(25-21-11)12-10-19-20-17(12)14-6-4-8-22(14)26(23,24)16-7-3-2-5-13(16)18/h2-3,5,7,9,12,14,17,19-20H,4,6,8,10H2,1H3. The summed E-state index contributed by atoms with van der Waals surface area (Å²) in [5.41, 5.74) is 7.21. The van der Waals surface area contributed by atoms with Crippen LogP contribution in [0, 0.1) is 6.92 Å². The van der Waals surface area contributed by atoms with Crippen LogP contribution in [0.5, 0.6) is 0 Å². The van der Waals surface area contributed by atoms with E-state index in [2.05, 4.69) is 16.0 Å². The summed E-state index contributed by atoms with van der Waals surface area (Å²) in [6, 6.07) is 8.23. The minimum Gasteiger partial charge on any atom is -0.361 e. The van der Waals surface area contributed by atoms with Gasteiger partial charge in [-0.3, -0.25) is 10.9 Å². The summed E-state index contributed by atoms with van der Waals surface area (Å²) < 4.78 is 33.5. The van der Waals surface area contributed by atoms with Gasteiger partial charge in [0.25, 0.3) is 0 Å². The molecule has 0 spiro atoms. The molecule has 7 nitrogen and oxygen atoms in total. The molecule has 2 aromatic rings. The molecule has 3 atom stereocenters. The highest BCUT2D eigenvalue weighted by molar-refractivity contribution is 7.89. The second-order valence-corrected chi connectivity index (χ2v) is 9.05. The highest BCUT2D eigenvalue weighted by Crippen LogP contribution is 2.36. The van der Waals surface area contributed by atoms with Crippen molar-refractivity contribution in [1.82, 2.24) is 20.3 Å². The average Bonchev–Trinajstić information content (AvgIpc) is 3.34. The molecule has 1 aromatic carbocycles. The van der Waals surface area contributed by atoms with Crippen molar-refractivity contribution in [2.24, 2.45) is 0 Å². The van der Waals surface area contributed by atoms with Crippen molar-refractivity contribution in [1.29, 1.82) is 0 Å². The lowest BCUT2D eigenvalue weighted by atomic mass is 9.92. The Balaban J connectivity index is 1.65. The molecule has 0 saturated carbocycles. The molecule has 0 radical (unpaired) electrons. The van der Waals surface area contributed by atoms with Crippen molar-refractivity contribution in [3.63, 3.8) is 0 Å². The molecule has 2 aliphatic rings. The second-order valence-electron chi connectivity index (χ2n) is 6.78. The molecule has 140 valence electrons. The van der Waals surface area contributed by atoms with Gasteiger partial charge in [-0.05, 0) is 31.9 Å². The van der Waals surface area contributed by atoms with Gasteiger partial charge in [-0.15, -0.1) is 0 Å². The first-order chi connectivity index (χ1) is 12.5. The van der Waals surface area contributed by atoms with Crippen molar-refractivity contribution in [3.05, 3.63) is 46.8 Å². The fraction of sp³-hybridized carbons (Fsp3) is 0.471. The first kappa shape index (κ1) is 17.9. The van der Waals surface area contributed by atoms with Gasteiger partial charge in [0.2, 0.25) is 10.0 Å². The maximum absolute atomic E-state index is 13.2. The molecule has 3 heterocycles. The number of sulfonamides is 1. The van der Waals surface area contributed by atoms with Crippen LogP contribution in [0.2, 0.25) is 5.02 Å². The largest absolute Gasteiger partial charge is 0.361 e. The Hall–Kier alpha value is -1.45. The van der Waals surface area contributed by atoms with Crippen molar-refractivity contribution < 1.29 is 12.9 Å². The summed E-state index contributed by atoms with van der Waals surface area (Å²) in [5.74, 6) is 0.787. The third-order valence-corrected chi connectivity index (χ3v) is 7.55. The molecule has 9 heteroatoms. The van der Waals surface area contributed by atoms with Gasteiger partial charge >= 0.3 is 0 Å². The molecule has 2 N–H and O–H groups in total. The Morgan fingerprint density at radius 3 is 2.88 bits per heavy atom. The fourth-order valence-corrected chi connectivity index (χ4v) is 6.13. The van der Waals surface area contributed by atoms with Gasteiger partial charge in [-0.2, -0.15) is 4.31 Å². The molecule has 26 heavy (non-hydrogen) atoms. The molecule has 0 aliphatic carbocycles. The lowest BCUT2D eigenvalue weighted by Gasteiger charge is -2.31. The van der Waals surface area contributed by atoms with Crippen molar-refractivity contribution in [2.45, 2.75) is 42.7 Å². The zero-order chi connectivity index (χ0) is 18.3. The number of hydrazine groups is 1. The van der Waals surface area contributed by atoms with Gasteiger partial charge in [-0.25, -0.2) is 8.42 Å². The minimum absolute atomic E-state index is 0.0169. The van der Waals surface area contributed by atoms with Crippen molar-refractivity contribution >= 4 is 21.6 Å². The highest BCUT2D eigenvalue weighted by atomic mass is 35.5. The van der Waals surface area contributed by atoms with Crippen LogP contribution in [-0.4, -0.2) is 43.1 Å². The number of aryl methyl sites for hydroxylation is 1. The molecular formula is C17H21ClN4O3S. The maximum Gasteiger partial charge on any atom is 0.244 e. The molecule has 4 rings (SSSR count). The summed E-state index contributed by atoms with van der Waals surface area (Å²) >= 11 is 6.16. The Kier molecular flexibility index (Phi) is 4.79. The van der Waals surface area contributed by atoms with E-state index in [9.17, 15) is 8.42 Å².